The number of alkyl halides is 1. The van der Waals surface area contributed by atoms with E-state index in [0.29, 0.717) is 6.07 Å². The smallest absolute Gasteiger partial charge is 0.120 e. The molecule has 0 fully saturated rings. The third-order valence-electron chi connectivity index (χ3n) is 0.719. The maximum Gasteiger partial charge on any atom is 0.120 e. The first-order chi connectivity index (χ1) is 3.41. The van der Waals surface area contributed by atoms with Gasteiger partial charge in [0, 0.05) is 16.1 Å². The molecule has 0 radical (unpaired) electrons. The summed E-state index contributed by atoms with van der Waals surface area (Å²) in [5.74, 6) is 0. The van der Waals surface area contributed by atoms with Gasteiger partial charge in [-0.2, -0.15) is 0 Å². The number of hydrogen-bond acceptors (Lipinski definition) is 1. The van der Waals surface area contributed by atoms with E-state index in [1.54, 1.807) is 0 Å². The van der Waals surface area contributed by atoms with Crippen LogP contribution in [-0.2, 0) is 4.74 Å². The summed E-state index contributed by atoms with van der Waals surface area (Å²) in [5.41, 5.74) is 0. The molecular formula is C4H11ClOSi. The Balaban J connectivity index is 2.45. The quantitative estimate of drug-likeness (QED) is 0.318. The molecule has 0 aliphatic rings. The molecule has 0 aliphatic carbocycles. The van der Waals surface area contributed by atoms with E-state index in [1.807, 2.05) is 0 Å². The van der Waals surface area contributed by atoms with Gasteiger partial charge in [0.25, 0.3) is 0 Å². The molecule has 0 bridgehead atoms. The summed E-state index contributed by atoms with van der Waals surface area (Å²) in [6, 6.07) is 1.61. The van der Waals surface area contributed by atoms with Crippen molar-refractivity contribution in [3.63, 3.8) is 0 Å². The minimum absolute atomic E-state index is 0.210. The van der Waals surface area contributed by atoms with Crippen LogP contribution in [-0.4, -0.2) is 22.2 Å². The Labute approximate surface area is 51.8 Å². The lowest BCUT2D eigenvalue weighted by Gasteiger charge is -1.93. The predicted octanol–water partition coefficient (Wildman–Crippen LogP) is 0.835. The van der Waals surface area contributed by atoms with Crippen LogP contribution in [0.15, 0.2) is 0 Å². The summed E-state index contributed by atoms with van der Waals surface area (Å²) in [7, 11) is 0.210. The van der Waals surface area contributed by atoms with Crippen LogP contribution in [0.25, 0.3) is 0 Å². The Kier molecular flexibility index (Phi) is 6.90. The van der Waals surface area contributed by atoms with Crippen LogP contribution in [0.1, 0.15) is 0 Å². The zero-order valence-corrected chi connectivity index (χ0v) is 6.78. The highest BCUT2D eigenvalue weighted by molar-refractivity contribution is 6.33. The van der Waals surface area contributed by atoms with E-state index in [9.17, 15) is 0 Å². The fraction of sp³-hybridized carbons (Fsp3) is 1.00. The molecule has 0 atom stereocenters. The lowest BCUT2D eigenvalue weighted by atomic mass is 10.9. The molecule has 0 aromatic rings. The van der Waals surface area contributed by atoms with Gasteiger partial charge in [0.1, 0.15) is 6.07 Å². The molecule has 0 saturated carbocycles. The Hall–Kier alpha value is 0.467. The SMILES string of the molecule is C[SiH2]CCOCCl. The maximum absolute atomic E-state index is 5.23. The molecule has 0 aliphatic heterocycles. The van der Waals surface area contributed by atoms with Crippen molar-refractivity contribution in [2.24, 2.45) is 0 Å². The zero-order chi connectivity index (χ0) is 5.54. The van der Waals surface area contributed by atoms with Crippen molar-refractivity contribution in [3.05, 3.63) is 0 Å². The third-order valence-corrected chi connectivity index (χ3v) is 1.87. The first-order valence-corrected chi connectivity index (χ1v) is 5.50. The van der Waals surface area contributed by atoms with Crippen molar-refractivity contribution in [2.75, 3.05) is 12.7 Å². The second kappa shape index (κ2) is 6.47. The maximum atomic E-state index is 5.23. The fourth-order valence-corrected chi connectivity index (χ4v) is 0.903. The Morgan fingerprint density at radius 1 is 1.71 bits per heavy atom. The number of halogens is 1. The van der Waals surface area contributed by atoms with Crippen molar-refractivity contribution >= 4 is 21.1 Å². The molecule has 0 unspecified atom stereocenters. The van der Waals surface area contributed by atoms with Gasteiger partial charge in [0.2, 0.25) is 0 Å². The molecule has 1 nitrogen and oxygen atoms in total. The molecule has 0 heterocycles. The van der Waals surface area contributed by atoms with Crippen molar-refractivity contribution in [2.45, 2.75) is 12.6 Å². The largest absolute Gasteiger partial charge is 0.366 e. The second-order valence-electron chi connectivity index (χ2n) is 1.37. The first kappa shape index (κ1) is 7.47. The van der Waals surface area contributed by atoms with Gasteiger partial charge in [-0.05, 0) is 6.04 Å². The second-order valence-corrected chi connectivity index (χ2v) is 3.30. The molecule has 0 aromatic carbocycles. The van der Waals surface area contributed by atoms with Crippen molar-refractivity contribution in [1.82, 2.24) is 0 Å². The van der Waals surface area contributed by atoms with Crippen LogP contribution in [0, 0.1) is 0 Å². The van der Waals surface area contributed by atoms with Crippen molar-refractivity contribution in [1.29, 1.82) is 0 Å². The summed E-state index contributed by atoms with van der Waals surface area (Å²) < 4.78 is 4.87. The molecule has 0 rings (SSSR count). The van der Waals surface area contributed by atoms with Gasteiger partial charge >= 0.3 is 0 Å². The number of rotatable bonds is 4. The van der Waals surface area contributed by atoms with Gasteiger partial charge in [-0.1, -0.05) is 18.1 Å². The van der Waals surface area contributed by atoms with Crippen LogP contribution >= 0.6 is 11.6 Å². The van der Waals surface area contributed by atoms with Gasteiger partial charge in [-0.25, -0.2) is 0 Å². The van der Waals surface area contributed by atoms with E-state index in [1.165, 1.54) is 6.04 Å². The molecule has 44 valence electrons. The fourth-order valence-electron chi connectivity index (χ4n) is 0.301. The van der Waals surface area contributed by atoms with Gasteiger partial charge in [0.05, 0.1) is 0 Å². The Morgan fingerprint density at radius 2 is 2.43 bits per heavy atom. The highest BCUT2D eigenvalue weighted by atomic mass is 35.5. The van der Waals surface area contributed by atoms with Gasteiger partial charge in [-0.15, -0.1) is 0 Å². The average Bonchev–Trinajstić information content (AvgIpc) is 1.69. The first-order valence-electron chi connectivity index (χ1n) is 2.55. The van der Waals surface area contributed by atoms with E-state index >= 15 is 0 Å². The molecular weight excluding hydrogens is 128 g/mol. The minimum Gasteiger partial charge on any atom is -0.366 e. The van der Waals surface area contributed by atoms with Crippen LogP contribution in [0.3, 0.4) is 0 Å². The van der Waals surface area contributed by atoms with Crippen LogP contribution in [0.5, 0.6) is 0 Å². The van der Waals surface area contributed by atoms with E-state index in [2.05, 4.69) is 6.55 Å². The van der Waals surface area contributed by atoms with E-state index in [-0.39, 0.29) is 9.52 Å². The van der Waals surface area contributed by atoms with Gasteiger partial charge in [-0.3, -0.25) is 0 Å². The number of ether oxygens (including phenoxy) is 1. The van der Waals surface area contributed by atoms with Gasteiger partial charge < -0.3 is 4.74 Å². The molecule has 0 N–H and O–H groups in total. The molecule has 3 heteroatoms. The molecule has 0 spiro atoms. The zero-order valence-electron chi connectivity index (χ0n) is 4.61. The van der Waals surface area contributed by atoms with Crippen molar-refractivity contribution < 1.29 is 4.74 Å². The average molecular weight is 139 g/mol. The third kappa shape index (κ3) is 6.47. The van der Waals surface area contributed by atoms with Gasteiger partial charge in [0.15, 0.2) is 0 Å². The van der Waals surface area contributed by atoms with Crippen molar-refractivity contribution in [3.8, 4) is 0 Å². The molecule has 0 aromatic heterocycles. The summed E-state index contributed by atoms with van der Waals surface area (Å²) in [4.78, 5) is 0. The van der Waals surface area contributed by atoms with E-state index < -0.39 is 0 Å². The molecule has 7 heavy (non-hydrogen) atoms. The summed E-state index contributed by atoms with van der Waals surface area (Å²) >= 11 is 5.23. The number of hydrogen-bond donors (Lipinski definition) is 0. The normalized spacial score (nSPS) is 11.1. The summed E-state index contributed by atoms with van der Waals surface area (Å²) in [6.07, 6.45) is 0. The van der Waals surface area contributed by atoms with Crippen LogP contribution in [0.2, 0.25) is 12.6 Å². The summed E-state index contributed by atoms with van der Waals surface area (Å²) in [5, 5.41) is 0. The highest BCUT2D eigenvalue weighted by Crippen LogP contribution is 1.82. The summed E-state index contributed by atoms with van der Waals surface area (Å²) in [6.45, 7) is 3.13. The molecule has 0 amide bonds. The van der Waals surface area contributed by atoms with Crippen LogP contribution < -0.4 is 0 Å². The monoisotopic (exact) mass is 138 g/mol. The van der Waals surface area contributed by atoms with E-state index in [0.717, 1.165) is 6.61 Å². The lowest BCUT2D eigenvalue weighted by molar-refractivity contribution is 0.195. The molecule has 0 saturated heterocycles. The highest BCUT2D eigenvalue weighted by Gasteiger charge is 1.80. The topological polar surface area (TPSA) is 9.23 Å². The standard InChI is InChI=1S/C4H11ClOSi/c1-7-3-2-6-4-5/h2-4,7H2,1H3. The predicted molar refractivity (Wildman–Crippen MR) is 35.9 cm³/mol. The minimum atomic E-state index is 0.210. The van der Waals surface area contributed by atoms with E-state index in [4.69, 9.17) is 16.3 Å². The Morgan fingerprint density at radius 3 is 2.86 bits per heavy atom. The van der Waals surface area contributed by atoms with Crippen LogP contribution in [0.4, 0.5) is 0 Å². The Bertz CT molecular complexity index is 30.9. The lowest BCUT2D eigenvalue weighted by Crippen LogP contribution is -1.93.